The molecule has 3 aromatic rings. The molecule has 0 aliphatic carbocycles. The van der Waals surface area contributed by atoms with Gasteiger partial charge in [-0.1, -0.05) is 34.1 Å². The first kappa shape index (κ1) is 18.1. The van der Waals surface area contributed by atoms with Crippen LogP contribution in [-0.2, 0) is 4.79 Å². The lowest BCUT2D eigenvalue weighted by atomic mass is 10.1. The molecule has 7 heteroatoms. The van der Waals surface area contributed by atoms with Crippen molar-refractivity contribution in [2.75, 3.05) is 5.32 Å². The maximum Gasteiger partial charge on any atom is 0.266 e. The second kappa shape index (κ2) is 7.70. The van der Waals surface area contributed by atoms with E-state index < -0.39 is 6.10 Å². The molecule has 0 spiro atoms. The quantitative estimate of drug-likeness (QED) is 0.662. The fourth-order valence-corrected chi connectivity index (χ4v) is 2.60. The van der Waals surface area contributed by atoms with Gasteiger partial charge in [-0.05, 0) is 66.5 Å². The van der Waals surface area contributed by atoms with Crippen molar-refractivity contribution >= 4 is 27.7 Å². The Bertz CT molecular complexity index is 922. The van der Waals surface area contributed by atoms with E-state index in [9.17, 15) is 4.79 Å². The fourth-order valence-electron chi connectivity index (χ4n) is 2.33. The summed E-state index contributed by atoms with van der Waals surface area (Å²) >= 11 is 3.38. The van der Waals surface area contributed by atoms with E-state index in [1.54, 1.807) is 6.92 Å². The van der Waals surface area contributed by atoms with Gasteiger partial charge in [0.1, 0.15) is 5.75 Å². The van der Waals surface area contributed by atoms with E-state index >= 15 is 0 Å². The normalized spacial score (nSPS) is 11.8. The number of ether oxygens (including phenoxy) is 1. The van der Waals surface area contributed by atoms with Crippen LogP contribution in [-0.4, -0.2) is 22.3 Å². The van der Waals surface area contributed by atoms with Gasteiger partial charge in [0.2, 0.25) is 5.82 Å². The number of carbonyl (C=O) groups is 1. The number of rotatable bonds is 5. The molecule has 134 valence electrons. The van der Waals surface area contributed by atoms with Gasteiger partial charge in [-0.3, -0.25) is 4.79 Å². The van der Waals surface area contributed by atoms with Gasteiger partial charge in [0.15, 0.2) is 11.8 Å². The van der Waals surface area contributed by atoms with E-state index in [0.29, 0.717) is 11.4 Å². The molecular formula is C19H18BrN3O3. The average molecular weight is 416 g/mol. The number of hydrogen-bond acceptors (Lipinski definition) is 5. The van der Waals surface area contributed by atoms with Crippen LogP contribution in [0.25, 0.3) is 11.3 Å². The molecule has 0 fully saturated rings. The van der Waals surface area contributed by atoms with Gasteiger partial charge in [0.05, 0.1) is 0 Å². The number of amides is 1. The van der Waals surface area contributed by atoms with Gasteiger partial charge in [-0.2, -0.15) is 0 Å². The second-order valence-electron chi connectivity index (χ2n) is 5.96. The van der Waals surface area contributed by atoms with Crippen LogP contribution in [0.4, 0.5) is 5.82 Å². The Morgan fingerprint density at radius 1 is 1.12 bits per heavy atom. The fraction of sp³-hybridized carbons (Fsp3) is 0.211. The van der Waals surface area contributed by atoms with E-state index in [2.05, 4.69) is 31.6 Å². The number of aromatic nitrogens is 2. The molecule has 1 N–H and O–H groups in total. The van der Waals surface area contributed by atoms with Gasteiger partial charge in [0, 0.05) is 10.0 Å². The van der Waals surface area contributed by atoms with Gasteiger partial charge >= 0.3 is 0 Å². The summed E-state index contributed by atoms with van der Waals surface area (Å²) in [5.41, 5.74) is 3.52. The predicted molar refractivity (Wildman–Crippen MR) is 102 cm³/mol. The molecule has 1 heterocycles. The number of carbonyl (C=O) groups excluding carboxylic acids is 1. The van der Waals surface area contributed by atoms with Crippen molar-refractivity contribution < 1.29 is 14.2 Å². The van der Waals surface area contributed by atoms with Crippen molar-refractivity contribution in [3.05, 3.63) is 58.1 Å². The standard InChI is InChI=1S/C19H18BrN3O3/c1-11-4-9-16(10-12(11)2)25-13(3)19(24)21-18-17(22-26-23-18)14-5-7-15(20)8-6-14/h4-10,13H,1-3H3,(H,21,23,24)/t13-/m1/s1. The SMILES string of the molecule is Cc1ccc(O[C@H](C)C(=O)Nc2nonc2-c2ccc(Br)cc2)cc1C. The third-order valence-corrected chi connectivity index (χ3v) is 4.54. The van der Waals surface area contributed by atoms with Crippen molar-refractivity contribution in [2.24, 2.45) is 0 Å². The van der Waals surface area contributed by atoms with E-state index in [4.69, 9.17) is 9.37 Å². The van der Waals surface area contributed by atoms with Crippen LogP contribution < -0.4 is 10.1 Å². The molecule has 0 saturated carbocycles. The van der Waals surface area contributed by atoms with Crippen LogP contribution in [0.3, 0.4) is 0 Å². The number of nitrogens with one attached hydrogen (secondary N) is 1. The molecule has 1 aromatic heterocycles. The first-order chi connectivity index (χ1) is 12.4. The van der Waals surface area contributed by atoms with Crippen molar-refractivity contribution in [3.63, 3.8) is 0 Å². The maximum atomic E-state index is 12.5. The Balaban J connectivity index is 1.71. The van der Waals surface area contributed by atoms with Crippen LogP contribution in [0.5, 0.6) is 5.75 Å². The zero-order chi connectivity index (χ0) is 18.7. The molecule has 26 heavy (non-hydrogen) atoms. The number of nitrogens with zero attached hydrogens (tertiary/aromatic N) is 2. The first-order valence-electron chi connectivity index (χ1n) is 8.07. The monoisotopic (exact) mass is 415 g/mol. The average Bonchev–Trinajstić information content (AvgIpc) is 3.07. The van der Waals surface area contributed by atoms with Crippen molar-refractivity contribution in [2.45, 2.75) is 26.9 Å². The summed E-state index contributed by atoms with van der Waals surface area (Å²) in [5, 5.41) is 10.4. The Morgan fingerprint density at radius 2 is 1.85 bits per heavy atom. The lowest BCUT2D eigenvalue weighted by Gasteiger charge is -2.15. The Kier molecular flexibility index (Phi) is 5.37. The number of aryl methyl sites for hydroxylation is 2. The van der Waals surface area contributed by atoms with Crippen molar-refractivity contribution in [1.82, 2.24) is 10.3 Å². The maximum absolute atomic E-state index is 12.5. The highest BCUT2D eigenvalue weighted by Crippen LogP contribution is 2.26. The topological polar surface area (TPSA) is 77.2 Å². The summed E-state index contributed by atoms with van der Waals surface area (Å²) in [6.45, 7) is 5.70. The number of halogens is 1. The molecule has 0 bridgehead atoms. The van der Waals surface area contributed by atoms with Gasteiger partial charge in [-0.25, -0.2) is 4.63 Å². The van der Waals surface area contributed by atoms with Crippen molar-refractivity contribution in [3.8, 4) is 17.0 Å². The van der Waals surface area contributed by atoms with Crippen LogP contribution >= 0.6 is 15.9 Å². The lowest BCUT2D eigenvalue weighted by molar-refractivity contribution is -0.122. The largest absolute Gasteiger partial charge is 0.481 e. The summed E-state index contributed by atoms with van der Waals surface area (Å²) < 4.78 is 11.5. The zero-order valence-electron chi connectivity index (χ0n) is 14.6. The van der Waals surface area contributed by atoms with E-state index in [1.165, 1.54) is 5.56 Å². The summed E-state index contributed by atoms with van der Waals surface area (Å²) in [6, 6.07) is 13.2. The molecule has 0 radical (unpaired) electrons. The molecule has 6 nitrogen and oxygen atoms in total. The predicted octanol–water partition coefficient (Wildman–Crippen LogP) is 4.52. The van der Waals surface area contributed by atoms with Crippen LogP contribution in [0.2, 0.25) is 0 Å². The molecule has 0 aliphatic rings. The minimum absolute atomic E-state index is 0.257. The summed E-state index contributed by atoms with van der Waals surface area (Å²) in [7, 11) is 0. The van der Waals surface area contributed by atoms with E-state index in [1.807, 2.05) is 56.3 Å². The minimum Gasteiger partial charge on any atom is -0.481 e. The highest BCUT2D eigenvalue weighted by Gasteiger charge is 2.20. The molecule has 3 rings (SSSR count). The Hall–Kier alpha value is -2.67. The van der Waals surface area contributed by atoms with Crippen LogP contribution in [0.1, 0.15) is 18.1 Å². The summed E-state index contributed by atoms with van der Waals surface area (Å²) in [4.78, 5) is 12.5. The first-order valence-corrected chi connectivity index (χ1v) is 8.86. The molecule has 1 atom stereocenters. The molecule has 2 aromatic carbocycles. The summed E-state index contributed by atoms with van der Waals surface area (Å²) in [6.07, 6.45) is -0.702. The molecule has 0 aliphatic heterocycles. The third-order valence-electron chi connectivity index (χ3n) is 4.01. The molecular weight excluding hydrogens is 398 g/mol. The molecule has 0 saturated heterocycles. The summed E-state index contributed by atoms with van der Waals surface area (Å²) in [5.74, 6) is 0.562. The van der Waals surface area contributed by atoms with Crippen LogP contribution in [0, 0.1) is 13.8 Å². The highest BCUT2D eigenvalue weighted by atomic mass is 79.9. The van der Waals surface area contributed by atoms with Gasteiger partial charge < -0.3 is 10.1 Å². The third kappa shape index (κ3) is 4.11. The number of anilines is 1. The second-order valence-corrected chi connectivity index (χ2v) is 6.88. The van der Waals surface area contributed by atoms with Crippen LogP contribution in [0.15, 0.2) is 51.6 Å². The number of benzene rings is 2. The minimum atomic E-state index is -0.702. The molecule has 0 unspecified atom stereocenters. The smallest absolute Gasteiger partial charge is 0.266 e. The van der Waals surface area contributed by atoms with Gasteiger partial charge in [-0.15, -0.1) is 0 Å². The lowest BCUT2D eigenvalue weighted by Crippen LogP contribution is -2.30. The number of hydrogen-bond donors (Lipinski definition) is 1. The van der Waals surface area contributed by atoms with E-state index in [0.717, 1.165) is 15.6 Å². The Morgan fingerprint density at radius 3 is 2.54 bits per heavy atom. The van der Waals surface area contributed by atoms with Gasteiger partial charge in [0.25, 0.3) is 5.91 Å². The van der Waals surface area contributed by atoms with E-state index in [-0.39, 0.29) is 11.7 Å². The zero-order valence-corrected chi connectivity index (χ0v) is 16.2. The Labute approximate surface area is 159 Å². The molecule has 1 amide bonds. The van der Waals surface area contributed by atoms with Crippen molar-refractivity contribution in [1.29, 1.82) is 0 Å². The highest BCUT2D eigenvalue weighted by molar-refractivity contribution is 9.10.